The number of nitrogens with one attached hydrogen (secondary N) is 1. The van der Waals surface area contributed by atoms with Crippen LogP contribution in [0.3, 0.4) is 0 Å². The van der Waals surface area contributed by atoms with Crippen molar-refractivity contribution in [2.45, 2.75) is 19.4 Å². The Morgan fingerprint density at radius 3 is 2.63 bits per heavy atom. The number of benzene rings is 2. The lowest BCUT2D eigenvalue weighted by Gasteiger charge is -2.19. The number of fused-ring (bicyclic) bond motifs is 1. The molecule has 8 heteroatoms. The lowest BCUT2D eigenvalue weighted by Crippen LogP contribution is -2.25. The Labute approximate surface area is 157 Å². The second kappa shape index (κ2) is 6.77. The summed E-state index contributed by atoms with van der Waals surface area (Å²) in [4.78, 5) is 8.39. The summed E-state index contributed by atoms with van der Waals surface area (Å²) < 4.78 is 39.1. The second-order valence-electron chi connectivity index (χ2n) is 6.58. The molecule has 140 valence electrons. The van der Waals surface area contributed by atoms with Crippen molar-refractivity contribution in [1.82, 2.24) is 9.97 Å². The molecule has 4 rings (SSSR count). The minimum atomic E-state index is -3.18. The molecular formula is C19H19FN4O2S. The maximum atomic E-state index is 13.6. The van der Waals surface area contributed by atoms with Crippen LogP contribution < -0.4 is 9.62 Å². The Bertz CT molecular complexity index is 1090. The lowest BCUT2D eigenvalue weighted by molar-refractivity contribution is 0.599. The molecule has 2 heterocycles. The molecule has 1 fully saturated rings. The minimum absolute atomic E-state index is 0.101. The highest BCUT2D eigenvalue weighted by atomic mass is 32.2. The van der Waals surface area contributed by atoms with E-state index in [0.717, 1.165) is 5.56 Å². The third-order valence-electron chi connectivity index (χ3n) is 4.73. The van der Waals surface area contributed by atoms with Crippen LogP contribution in [0.1, 0.15) is 24.9 Å². The van der Waals surface area contributed by atoms with Gasteiger partial charge >= 0.3 is 0 Å². The zero-order chi connectivity index (χ0) is 19.0. The summed E-state index contributed by atoms with van der Waals surface area (Å²) in [6.45, 7) is 2.49. The number of aromatic nitrogens is 2. The van der Waals surface area contributed by atoms with Crippen molar-refractivity contribution in [3.05, 3.63) is 60.2 Å². The van der Waals surface area contributed by atoms with E-state index < -0.39 is 10.0 Å². The Hall–Kier alpha value is -2.74. The zero-order valence-electron chi connectivity index (χ0n) is 14.8. The van der Waals surface area contributed by atoms with Crippen molar-refractivity contribution in [3.63, 3.8) is 0 Å². The van der Waals surface area contributed by atoms with E-state index in [2.05, 4.69) is 15.3 Å². The average molecular weight is 386 g/mol. The molecule has 2 aromatic carbocycles. The third-order valence-corrected chi connectivity index (χ3v) is 6.60. The first-order chi connectivity index (χ1) is 12.9. The maximum absolute atomic E-state index is 13.6. The fraction of sp³-hybridized carbons (Fsp3) is 0.263. The summed E-state index contributed by atoms with van der Waals surface area (Å²) >= 11 is 0. The first-order valence-corrected chi connectivity index (χ1v) is 10.3. The van der Waals surface area contributed by atoms with Gasteiger partial charge in [0, 0.05) is 18.0 Å². The number of hydrogen-bond acceptors (Lipinski definition) is 5. The maximum Gasteiger partial charge on any atom is 0.235 e. The molecule has 0 amide bonds. The molecule has 1 saturated heterocycles. The van der Waals surface area contributed by atoms with E-state index in [1.807, 2.05) is 31.2 Å². The second-order valence-corrected chi connectivity index (χ2v) is 8.60. The summed E-state index contributed by atoms with van der Waals surface area (Å²) in [7, 11) is -3.18. The predicted molar refractivity (Wildman–Crippen MR) is 104 cm³/mol. The van der Waals surface area contributed by atoms with Crippen molar-refractivity contribution in [1.29, 1.82) is 0 Å². The van der Waals surface area contributed by atoms with Crippen molar-refractivity contribution in [3.8, 4) is 0 Å². The topological polar surface area (TPSA) is 75.2 Å². The van der Waals surface area contributed by atoms with E-state index >= 15 is 0 Å². The van der Waals surface area contributed by atoms with Gasteiger partial charge < -0.3 is 5.32 Å². The standard InChI is InChI=1S/C19H19FN4O2S/c1-13(23-19-17-11-15(20)5-8-18(17)21-12-22-19)14-3-6-16(7-4-14)24-9-2-10-27(24,25)26/h3-8,11-13H,2,9-10H2,1H3,(H,21,22,23). The number of rotatable bonds is 4. The van der Waals surface area contributed by atoms with Crippen LogP contribution in [0.25, 0.3) is 10.9 Å². The van der Waals surface area contributed by atoms with Gasteiger partial charge in [-0.1, -0.05) is 12.1 Å². The van der Waals surface area contributed by atoms with Gasteiger partial charge in [0.25, 0.3) is 0 Å². The summed E-state index contributed by atoms with van der Waals surface area (Å²) in [5, 5.41) is 3.90. The molecule has 0 bridgehead atoms. The van der Waals surface area contributed by atoms with Crippen molar-refractivity contribution >= 4 is 32.4 Å². The number of halogens is 1. The fourth-order valence-electron chi connectivity index (χ4n) is 3.29. The smallest absolute Gasteiger partial charge is 0.235 e. The molecule has 1 N–H and O–H groups in total. The van der Waals surface area contributed by atoms with Crippen LogP contribution >= 0.6 is 0 Å². The van der Waals surface area contributed by atoms with E-state index in [4.69, 9.17) is 0 Å². The zero-order valence-corrected chi connectivity index (χ0v) is 15.6. The van der Waals surface area contributed by atoms with Gasteiger partial charge in [-0.15, -0.1) is 0 Å². The molecule has 1 aliphatic heterocycles. The first kappa shape index (κ1) is 17.7. The van der Waals surface area contributed by atoms with Crippen molar-refractivity contribution in [2.24, 2.45) is 0 Å². The molecule has 6 nitrogen and oxygen atoms in total. The highest BCUT2D eigenvalue weighted by Crippen LogP contribution is 2.28. The minimum Gasteiger partial charge on any atom is -0.363 e. The Balaban J connectivity index is 1.57. The van der Waals surface area contributed by atoms with Crippen LogP contribution in [0.4, 0.5) is 15.9 Å². The van der Waals surface area contributed by atoms with Crippen LogP contribution in [0, 0.1) is 5.82 Å². The van der Waals surface area contributed by atoms with Crippen LogP contribution in [0.2, 0.25) is 0 Å². The number of anilines is 2. The van der Waals surface area contributed by atoms with E-state index in [-0.39, 0.29) is 17.6 Å². The predicted octanol–water partition coefficient (Wildman–Crippen LogP) is 3.48. The van der Waals surface area contributed by atoms with Gasteiger partial charge in [0.15, 0.2) is 0 Å². The SMILES string of the molecule is CC(Nc1ncnc2ccc(F)cc12)c1ccc(N2CCCS2(=O)=O)cc1. The Morgan fingerprint density at radius 1 is 1.15 bits per heavy atom. The van der Waals surface area contributed by atoms with Crippen LogP contribution in [0.5, 0.6) is 0 Å². The summed E-state index contributed by atoms with van der Waals surface area (Å²) in [5.74, 6) is 0.409. The molecule has 1 unspecified atom stereocenters. The summed E-state index contributed by atoms with van der Waals surface area (Å²) in [5.41, 5.74) is 2.31. The van der Waals surface area contributed by atoms with Crippen LogP contribution in [0.15, 0.2) is 48.8 Å². The van der Waals surface area contributed by atoms with Crippen molar-refractivity contribution in [2.75, 3.05) is 21.9 Å². The molecule has 27 heavy (non-hydrogen) atoms. The number of sulfonamides is 1. The molecule has 1 aliphatic rings. The molecular weight excluding hydrogens is 367 g/mol. The van der Waals surface area contributed by atoms with E-state index in [0.29, 0.717) is 35.4 Å². The Morgan fingerprint density at radius 2 is 1.93 bits per heavy atom. The molecule has 3 aromatic rings. The fourth-order valence-corrected chi connectivity index (χ4v) is 4.86. The molecule has 0 aliphatic carbocycles. The van der Waals surface area contributed by atoms with Gasteiger partial charge in [-0.25, -0.2) is 22.8 Å². The highest BCUT2D eigenvalue weighted by Gasteiger charge is 2.28. The van der Waals surface area contributed by atoms with Gasteiger partial charge in [0.2, 0.25) is 10.0 Å². The van der Waals surface area contributed by atoms with Gasteiger partial charge in [-0.2, -0.15) is 0 Å². The van der Waals surface area contributed by atoms with Crippen molar-refractivity contribution < 1.29 is 12.8 Å². The molecule has 1 aromatic heterocycles. The molecule has 1 atom stereocenters. The van der Waals surface area contributed by atoms with Gasteiger partial charge in [-0.3, -0.25) is 4.31 Å². The summed E-state index contributed by atoms with van der Waals surface area (Å²) in [6.07, 6.45) is 2.09. The number of nitrogens with zero attached hydrogens (tertiary/aromatic N) is 3. The molecule has 0 saturated carbocycles. The average Bonchev–Trinajstić information content (AvgIpc) is 3.01. The van der Waals surface area contributed by atoms with Crippen LogP contribution in [-0.4, -0.2) is 30.7 Å². The van der Waals surface area contributed by atoms with Crippen LogP contribution in [-0.2, 0) is 10.0 Å². The molecule has 0 spiro atoms. The van der Waals surface area contributed by atoms with Gasteiger partial charge in [-0.05, 0) is 49.2 Å². The molecule has 0 radical (unpaired) electrons. The van der Waals surface area contributed by atoms with E-state index in [9.17, 15) is 12.8 Å². The quantitative estimate of drug-likeness (QED) is 0.743. The van der Waals surface area contributed by atoms with E-state index in [1.54, 1.807) is 6.07 Å². The largest absolute Gasteiger partial charge is 0.363 e. The summed E-state index contributed by atoms with van der Waals surface area (Å²) in [6, 6.07) is 11.7. The van der Waals surface area contributed by atoms with Gasteiger partial charge in [0.1, 0.15) is 18.0 Å². The normalized spacial score (nSPS) is 17.2. The Kier molecular flexibility index (Phi) is 4.43. The number of hydrogen-bond donors (Lipinski definition) is 1. The third kappa shape index (κ3) is 3.44. The first-order valence-electron chi connectivity index (χ1n) is 8.71. The van der Waals surface area contributed by atoms with Gasteiger partial charge in [0.05, 0.1) is 17.0 Å². The lowest BCUT2D eigenvalue weighted by atomic mass is 10.1. The van der Waals surface area contributed by atoms with E-state index in [1.165, 1.54) is 22.8 Å². The highest BCUT2D eigenvalue weighted by molar-refractivity contribution is 7.93. The monoisotopic (exact) mass is 386 g/mol.